The first-order chi connectivity index (χ1) is 9.08. The van der Waals surface area contributed by atoms with Gasteiger partial charge in [-0.2, -0.15) is 5.26 Å². The number of nitrogens with zero attached hydrogens (tertiary/aromatic N) is 2. The molecule has 0 radical (unpaired) electrons. The van der Waals surface area contributed by atoms with Crippen molar-refractivity contribution in [2.45, 2.75) is 25.4 Å². The molecule has 1 saturated carbocycles. The lowest BCUT2D eigenvalue weighted by atomic mass is 9.82. The third-order valence-corrected chi connectivity index (χ3v) is 3.61. The molecule has 19 heavy (non-hydrogen) atoms. The number of benzene rings is 1. The third kappa shape index (κ3) is 3.55. The Morgan fingerprint density at radius 2 is 2.05 bits per heavy atom. The van der Waals surface area contributed by atoms with E-state index in [0.717, 1.165) is 18.4 Å². The van der Waals surface area contributed by atoms with Crippen LogP contribution in [0.4, 0.5) is 0 Å². The predicted octanol–water partition coefficient (Wildman–Crippen LogP) is 1.33. The second-order valence-corrected chi connectivity index (χ2v) is 5.25. The number of rotatable bonds is 4. The first kappa shape index (κ1) is 13.6. The van der Waals surface area contributed by atoms with E-state index in [-0.39, 0.29) is 12.0 Å². The highest BCUT2D eigenvalue weighted by Gasteiger charge is 2.28. The van der Waals surface area contributed by atoms with E-state index in [4.69, 9.17) is 5.26 Å². The van der Waals surface area contributed by atoms with E-state index in [1.807, 2.05) is 12.1 Å². The van der Waals surface area contributed by atoms with Crippen molar-refractivity contribution in [3.63, 3.8) is 0 Å². The van der Waals surface area contributed by atoms with Gasteiger partial charge in [-0.1, -0.05) is 12.1 Å². The molecule has 4 heteroatoms. The number of aliphatic hydroxyl groups excluding tert-OH is 1. The number of nitriles is 1. The topological polar surface area (TPSA) is 64.3 Å². The fourth-order valence-electron chi connectivity index (χ4n) is 2.35. The number of likely N-dealkylation sites (N-methyl/N-ethyl adjacent to an activating group) is 1. The molecule has 0 spiro atoms. The van der Waals surface area contributed by atoms with Crippen molar-refractivity contribution in [3.05, 3.63) is 35.4 Å². The molecule has 1 amide bonds. The van der Waals surface area contributed by atoms with E-state index in [1.165, 1.54) is 0 Å². The lowest BCUT2D eigenvalue weighted by Crippen LogP contribution is -2.40. The molecule has 2 rings (SSSR count). The van der Waals surface area contributed by atoms with Crippen LogP contribution in [0.3, 0.4) is 0 Å². The molecule has 1 fully saturated rings. The van der Waals surface area contributed by atoms with Gasteiger partial charge >= 0.3 is 0 Å². The summed E-state index contributed by atoms with van der Waals surface area (Å²) in [6.07, 6.45) is 1.78. The van der Waals surface area contributed by atoms with Gasteiger partial charge < -0.3 is 10.0 Å². The van der Waals surface area contributed by atoms with E-state index < -0.39 is 0 Å². The van der Waals surface area contributed by atoms with Crippen molar-refractivity contribution in [2.75, 3.05) is 13.6 Å². The van der Waals surface area contributed by atoms with Crippen LogP contribution in [0, 0.1) is 17.2 Å². The van der Waals surface area contributed by atoms with Gasteiger partial charge in [0, 0.05) is 13.6 Å². The standard InChI is InChI=1S/C15H18N2O2/c1-17(10-13-6-14(18)7-13)15(19)8-11-2-4-12(9-16)5-3-11/h2-5,13-14,18H,6-8,10H2,1H3. The summed E-state index contributed by atoms with van der Waals surface area (Å²) >= 11 is 0. The van der Waals surface area contributed by atoms with E-state index in [2.05, 4.69) is 6.07 Å². The fraction of sp³-hybridized carbons (Fsp3) is 0.467. The molecule has 0 bridgehead atoms. The van der Waals surface area contributed by atoms with Gasteiger partial charge in [-0.3, -0.25) is 4.79 Å². The van der Waals surface area contributed by atoms with Crippen molar-refractivity contribution < 1.29 is 9.90 Å². The summed E-state index contributed by atoms with van der Waals surface area (Å²) < 4.78 is 0. The lowest BCUT2D eigenvalue weighted by Gasteiger charge is -2.34. The Labute approximate surface area is 113 Å². The number of aliphatic hydroxyl groups is 1. The maximum atomic E-state index is 12.0. The number of hydrogen-bond acceptors (Lipinski definition) is 3. The molecule has 0 unspecified atom stereocenters. The van der Waals surface area contributed by atoms with Crippen LogP contribution < -0.4 is 0 Å². The summed E-state index contributed by atoms with van der Waals surface area (Å²) in [4.78, 5) is 13.8. The number of hydrogen-bond donors (Lipinski definition) is 1. The average molecular weight is 258 g/mol. The van der Waals surface area contributed by atoms with Gasteiger partial charge in [0.05, 0.1) is 24.2 Å². The lowest BCUT2D eigenvalue weighted by molar-refractivity contribution is -0.130. The summed E-state index contributed by atoms with van der Waals surface area (Å²) in [7, 11) is 1.80. The molecule has 1 N–H and O–H groups in total. The Morgan fingerprint density at radius 3 is 2.58 bits per heavy atom. The molecule has 100 valence electrons. The molecular weight excluding hydrogens is 240 g/mol. The average Bonchev–Trinajstić information content (AvgIpc) is 2.37. The summed E-state index contributed by atoms with van der Waals surface area (Å²) in [5.41, 5.74) is 1.53. The minimum Gasteiger partial charge on any atom is -0.393 e. The molecule has 0 aromatic heterocycles. The Kier molecular flexibility index (Phi) is 4.18. The second-order valence-electron chi connectivity index (χ2n) is 5.25. The maximum Gasteiger partial charge on any atom is 0.226 e. The van der Waals surface area contributed by atoms with E-state index in [9.17, 15) is 9.90 Å². The maximum absolute atomic E-state index is 12.0. The summed E-state index contributed by atoms with van der Waals surface area (Å²) in [6, 6.07) is 9.14. The Hall–Kier alpha value is -1.86. The minimum absolute atomic E-state index is 0.0751. The molecular formula is C15H18N2O2. The fourth-order valence-corrected chi connectivity index (χ4v) is 2.35. The van der Waals surface area contributed by atoms with Gasteiger partial charge in [-0.25, -0.2) is 0 Å². The Bertz CT molecular complexity index is 484. The number of carbonyl (C=O) groups excluding carboxylic acids is 1. The van der Waals surface area contributed by atoms with Gasteiger partial charge in [-0.05, 0) is 36.5 Å². The van der Waals surface area contributed by atoms with Crippen LogP contribution in [0.15, 0.2) is 24.3 Å². The van der Waals surface area contributed by atoms with Crippen molar-refractivity contribution in [1.82, 2.24) is 4.90 Å². The predicted molar refractivity (Wildman–Crippen MR) is 71.2 cm³/mol. The minimum atomic E-state index is -0.174. The molecule has 1 aliphatic carbocycles. The van der Waals surface area contributed by atoms with Gasteiger partial charge in [0.1, 0.15) is 0 Å². The molecule has 1 aromatic carbocycles. The number of carbonyl (C=O) groups is 1. The SMILES string of the molecule is CN(CC1CC(O)C1)C(=O)Cc1ccc(C#N)cc1. The van der Waals surface area contributed by atoms with Crippen molar-refractivity contribution in [1.29, 1.82) is 5.26 Å². The van der Waals surface area contributed by atoms with Gasteiger partial charge in [0.15, 0.2) is 0 Å². The Morgan fingerprint density at radius 1 is 1.42 bits per heavy atom. The second kappa shape index (κ2) is 5.85. The van der Waals surface area contributed by atoms with E-state index >= 15 is 0 Å². The molecule has 0 heterocycles. The van der Waals surface area contributed by atoms with Crippen LogP contribution in [0.5, 0.6) is 0 Å². The van der Waals surface area contributed by atoms with Crippen molar-refractivity contribution in [2.24, 2.45) is 5.92 Å². The van der Waals surface area contributed by atoms with Crippen LogP contribution in [-0.4, -0.2) is 35.6 Å². The smallest absolute Gasteiger partial charge is 0.226 e. The van der Waals surface area contributed by atoms with Crippen molar-refractivity contribution >= 4 is 5.91 Å². The van der Waals surface area contributed by atoms with Crippen LogP contribution in [0.1, 0.15) is 24.0 Å². The van der Waals surface area contributed by atoms with Crippen LogP contribution in [0.2, 0.25) is 0 Å². The highest BCUT2D eigenvalue weighted by atomic mass is 16.3. The summed E-state index contributed by atoms with van der Waals surface area (Å²) in [5.74, 6) is 0.510. The first-order valence-corrected chi connectivity index (χ1v) is 6.49. The summed E-state index contributed by atoms with van der Waals surface area (Å²) in [5, 5.41) is 17.9. The normalized spacial score (nSPS) is 21.3. The van der Waals surface area contributed by atoms with Gasteiger partial charge in [-0.15, -0.1) is 0 Å². The highest BCUT2D eigenvalue weighted by molar-refractivity contribution is 5.78. The largest absolute Gasteiger partial charge is 0.393 e. The first-order valence-electron chi connectivity index (χ1n) is 6.49. The van der Waals surface area contributed by atoms with Crippen LogP contribution >= 0.6 is 0 Å². The highest BCUT2D eigenvalue weighted by Crippen LogP contribution is 2.27. The molecule has 4 nitrogen and oxygen atoms in total. The third-order valence-electron chi connectivity index (χ3n) is 3.61. The summed E-state index contributed by atoms with van der Waals surface area (Å²) in [6.45, 7) is 0.714. The van der Waals surface area contributed by atoms with Crippen LogP contribution in [0.25, 0.3) is 0 Å². The number of amides is 1. The van der Waals surface area contributed by atoms with E-state index in [1.54, 1.807) is 24.1 Å². The molecule has 0 saturated heterocycles. The van der Waals surface area contributed by atoms with Gasteiger partial charge in [0.2, 0.25) is 5.91 Å². The zero-order valence-corrected chi connectivity index (χ0v) is 11.0. The zero-order valence-electron chi connectivity index (χ0n) is 11.0. The van der Waals surface area contributed by atoms with Crippen molar-refractivity contribution in [3.8, 4) is 6.07 Å². The van der Waals surface area contributed by atoms with E-state index in [0.29, 0.717) is 24.4 Å². The molecule has 1 aliphatic rings. The molecule has 0 atom stereocenters. The van der Waals surface area contributed by atoms with Gasteiger partial charge in [0.25, 0.3) is 0 Å². The monoisotopic (exact) mass is 258 g/mol. The Balaban J connectivity index is 1.84. The molecule has 0 aliphatic heterocycles. The quantitative estimate of drug-likeness (QED) is 0.886. The molecule has 1 aromatic rings. The van der Waals surface area contributed by atoms with Crippen LogP contribution in [-0.2, 0) is 11.2 Å². The zero-order chi connectivity index (χ0) is 13.8.